The lowest BCUT2D eigenvalue weighted by atomic mass is 9.97. The number of carbonyl (C=O) groups excluding carboxylic acids is 2. The lowest BCUT2D eigenvalue weighted by Crippen LogP contribution is -2.20. The lowest BCUT2D eigenvalue weighted by Gasteiger charge is -2.18. The topological polar surface area (TPSA) is 74.4 Å². The monoisotopic (exact) mass is 362 g/mol. The number of methoxy groups -OCH3 is 2. The van der Waals surface area contributed by atoms with E-state index in [1.807, 2.05) is 6.92 Å². The number of rotatable bonds is 2. The van der Waals surface area contributed by atoms with Gasteiger partial charge < -0.3 is 18.9 Å². The quantitative estimate of drug-likeness (QED) is 0.594. The normalized spacial score (nSPS) is 26.8. The highest BCUT2D eigenvalue weighted by molar-refractivity contribution is 5.96. The number of fused-ring (bicyclic) bond motifs is 2. The van der Waals surface area contributed by atoms with Crippen LogP contribution < -0.4 is 9.47 Å². The Labute approximate surface area is 153 Å². The van der Waals surface area contributed by atoms with Crippen LogP contribution in [0, 0.1) is 0 Å². The molecule has 0 N–H and O–H groups in total. The van der Waals surface area contributed by atoms with Gasteiger partial charge in [0.25, 0.3) is 0 Å². The number of benzene rings is 1. The summed E-state index contributed by atoms with van der Waals surface area (Å²) in [7, 11) is 3.03. The largest absolute Gasteiger partial charge is 0.497 e. The highest BCUT2D eigenvalue weighted by Gasteiger charge is 2.39. The van der Waals surface area contributed by atoms with Crippen molar-refractivity contribution < 1.29 is 28.5 Å². The maximum atomic E-state index is 12.8. The van der Waals surface area contributed by atoms with Gasteiger partial charge in [0, 0.05) is 25.3 Å². The van der Waals surface area contributed by atoms with Crippen molar-refractivity contribution in [1.82, 2.24) is 0 Å². The number of ketones is 1. The highest BCUT2D eigenvalue weighted by Crippen LogP contribution is 2.34. The van der Waals surface area contributed by atoms with Crippen molar-refractivity contribution in [3.8, 4) is 11.5 Å². The molecule has 3 atom stereocenters. The summed E-state index contributed by atoms with van der Waals surface area (Å²) >= 11 is 0. The van der Waals surface area contributed by atoms with Crippen LogP contribution in [0.15, 0.2) is 12.1 Å². The van der Waals surface area contributed by atoms with E-state index in [-0.39, 0.29) is 30.5 Å². The zero-order valence-electron chi connectivity index (χ0n) is 15.6. The maximum Gasteiger partial charge on any atom is 0.342 e. The van der Waals surface area contributed by atoms with E-state index < -0.39 is 5.97 Å². The predicted octanol–water partition coefficient (Wildman–Crippen LogP) is 3.09. The smallest absolute Gasteiger partial charge is 0.342 e. The standard InChI is InChI=1S/C20H26O6/c1-12-8-17-16(26-17)7-5-4-6-14(21)9-13-10-15(23-2)11-18(24-3)19(13)20(22)25-12/h10-12,16-17H,4-9H2,1-3H3/t12-,16+,17+/m1/s1. The van der Waals surface area contributed by atoms with Crippen molar-refractivity contribution in [3.63, 3.8) is 0 Å². The molecule has 0 bridgehead atoms. The Morgan fingerprint density at radius 1 is 1.08 bits per heavy atom. The van der Waals surface area contributed by atoms with Gasteiger partial charge in [-0.15, -0.1) is 0 Å². The number of carbonyl (C=O) groups is 2. The van der Waals surface area contributed by atoms with Crippen LogP contribution in [-0.2, 0) is 20.7 Å². The van der Waals surface area contributed by atoms with Crippen LogP contribution in [0.4, 0.5) is 0 Å². The first-order valence-corrected chi connectivity index (χ1v) is 9.15. The zero-order valence-corrected chi connectivity index (χ0v) is 15.6. The van der Waals surface area contributed by atoms with E-state index in [1.165, 1.54) is 7.11 Å². The van der Waals surface area contributed by atoms with Crippen LogP contribution in [0.5, 0.6) is 11.5 Å². The van der Waals surface area contributed by atoms with Crippen LogP contribution in [-0.4, -0.2) is 44.3 Å². The van der Waals surface area contributed by atoms with Gasteiger partial charge in [0.15, 0.2) is 0 Å². The molecule has 1 aromatic carbocycles. The van der Waals surface area contributed by atoms with Gasteiger partial charge in [-0.1, -0.05) is 6.42 Å². The Bertz CT molecular complexity index is 683. The molecule has 0 aliphatic carbocycles. The van der Waals surface area contributed by atoms with Crippen molar-refractivity contribution in [2.24, 2.45) is 0 Å². The van der Waals surface area contributed by atoms with Crippen LogP contribution in [0.3, 0.4) is 0 Å². The Hall–Kier alpha value is -2.08. The molecular formula is C20H26O6. The van der Waals surface area contributed by atoms with Crippen LogP contribution in [0.2, 0.25) is 0 Å². The molecule has 0 amide bonds. The van der Waals surface area contributed by atoms with Gasteiger partial charge >= 0.3 is 5.97 Å². The molecular weight excluding hydrogens is 336 g/mol. The van der Waals surface area contributed by atoms with Crippen LogP contribution in [0.25, 0.3) is 0 Å². The van der Waals surface area contributed by atoms with Crippen molar-refractivity contribution in [3.05, 3.63) is 23.3 Å². The van der Waals surface area contributed by atoms with E-state index in [0.29, 0.717) is 35.5 Å². The van der Waals surface area contributed by atoms with Crippen molar-refractivity contribution in [2.75, 3.05) is 14.2 Å². The second kappa shape index (κ2) is 8.08. The molecule has 0 aromatic heterocycles. The Kier molecular flexibility index (Phi) is 5.81. The second-order valence-corrected chi connectivity index (χ2v) is 6.99. The van der Waals surface area contributed by atoms with E-state index >= 15 is 0 Å². The number of hydrogen-bond donors (Lipinski definition) is 0. The molecule has 2 aliphatic heterocycles. The Morgan fingerprint density at radius 2 is 1.88 bits per heavy atom. The fraction of sp³-hybridized carbons (Fsp3) is 0.600. The fourth-order valence-corrected chi connectivity index (χ4v) is 3.52. The Morgan fingerprint density at radius 3 is 2.62 bits per heavy atom. The maximum absolute atomic E-state index is 12.8. The predicted molar refractivity (Wildman–Crippen MR) is 94.9 cm³/mol. The zero-order chi connectivity index (χ0) is 18.7. The molecule has 2 heterocycles. The van der Waals surface area contributed by atoms with Gasteiger partial charge in [-0.05, 0) is 31.4 Å². The first kappa shape index (κ1) is 18.7. The van der Waals surface area contributed by atoms with Crippen LogP contribution >= 0.6 is 0 Å². The van der Waals surface area contributed by atoms with E-state index in [0.717, 1.165) is 19.3 Å². The summed E-state index contributed by atoms with van der Waals surface area (Å²) in [5.74, 6) is 0.517. The van der Waals surface area contributed by atoms with E-state index in [2.05, 4.69) is 0 Å². The molecule has 0 spiro atoms. The molecule has 1 fully saturated rings. The van der Waals surface area contributed by atoms with Gasteiger partial charge in [-0.3, -0.25) is 4.79 Å². The molecule has 3 rings (SSSR count). The molecule has 1 aromatic rings. The van der Waals surface area contributed by atoms with Crippen LogP contribution in [0.1, 0.15) is 54.9 Å². The SMILES string of the molecule is COc1cc2c(c(OC)c1)C(=O)O[C@H](C)C[C@@H]1O[C@H]1CCCCC(=O)C2. The minimum absolute atomic E-state index is 0.0905. The molecule has 0 saturated carbocycles. The molecule has 1 saturated heterocycles. The molecule has 142 valence electrons. The molecule has 0 unspecified atom stereocenters. The number of ether oxygens (including phenoxy) is 4. The summed E-state index contributed by atoms with van der Waals surface area (Å²) in [4.78, 5) is 25.2. The van der Waals surface area contributed by atoms with Crippen molar-refractivity contribution in [2.45, 2.75) is 63.8 Å². The molecule has 6 nitrogen and oxygen atoms in total. The lowest BCUT2D eigenvalue weighted by molar-refractivity contribution is -0.118. The van der Waals surface area contributed by atoms with E-state index in [1.54, 1.807) is 19.2 Å². The van der Waals surface area contributed by atoms with Gasteiger partial charge in [0.2, 0.25) is 0 Å². The molecule has 6 heteroatoms. The number of epoxide rings is 1. The highest BCUT2D eigenvalue weighted by atomic mass is 16.6. The average molecular weight is 362 g/mol. The molecule has 2 aliphatic rings. The fourth-order valence-electron chi connectivity index (χ4n) is 3.52. The van der Waals surface area contributed by atoms with Gasteiger partial charge in [0.1, 0.15) is 28.9 Å². The average Bonchev–Trinajstić information content (AvgIpc) is 3.34. The third-order valence-corrected chi connectivity index (χ3v) is 4.96. The summed E-state index contributed by atoms with van der Waals surface area (Å²) in [5, 5.41) is 0. The summed E-state index contributed by atoms with van der Waals surface area (Å²) < 4.78 is 21.9. The van der Waals surface area contributed by atoms with Crippen molar-refractivity contribution >= 4 is 11.8 Å². The number of Topliss-reactive ketones (excluding diaryl/α,β-unsaturated/α-hetero) is 1. The summed E-state index contributed by atoms with van der Waals surface area (Å²) in [6.07, 6.45) is 4.21. The van der Waals surface area contributed by atoms with Gasteiger partial charge in [0.05, 0.1) is 26.4 Å². The van der Waals surface area contributed by atoms with Gasteiger partial charge in [-0.2, -0.15) is 0 Å². The minimum Gasteiger partial charge on any atom is -0.497 e. The molecule has 26 heavy (non-hydrogen) atoms. The number of hydrogen-bond acceptors (Lipinski definition) is 6. The molecule has 0 radical (unpaired) electrons. The third kappa shape index (κ3) is 4.36. The van der Waals surface area contributed by atoms with E-state index in [4.69, 9.17) is 18.9 Å². The van der Waals surface area contributed by atoms with Crippen molar-refractivity contribution in [1.29, 1.82) is 0 Å². The number of esters is 1. The second-order valence-electron chi connectivity index (χ2n) is 6.99. The minimum atomic E-state index is -0.478. The summed E-state index contributed by atoms with van der Waals surface area (Å²) in [6, 6.07) is 3.35. The number of cyclic esters (lactones) is 1. The Balaban J connectivity index is 1.92. The summed E-state index contributed by atoms with van der Waals surface area (Å²) in [6.45, 7) is 1.86. The summed E-state index contributed by atoms with van der Waals surface area (Å²) in [5.41, 5.74) is 0.889. The van der Waals surface area contributed by atoms with E-state index in [9.17, 15) is 9.59 Å². The first-order chi connectivity index (χ1) is 12.5. The third-order valence-electron chi connectivity index (χ3n) is 4.96. The van der Waals surface area contributed by atoms with Gasteiger partial charge in [-0.25, -0.2) is 4.79 Å². The first-order valence-electron chi connectivity index (χ1n) is 9.15.